The summed E-state index contributed by atoms with van der Waals surface area (Å²) in [5, 5.41) is 11.4. The number of aliphatic hydroxyl groups excluding tert-OH is 1. The average Bonchev–Trinajstić information content (AvgIpc) is 3.23. The van der Waals surface area contributed by atoms with Crippen LogP contribution in [0.5, 0.6) is 23.0 Å². The Morgan fingerprint density at radius 2 is 1.57 bits per heavy atom. The van der Waals surface area contributed by atoms with Crippen molar-refractivity contribution in [3.63, 3.8) is 0 Å². The number of methoxy groups -OCH3 is 4. The van der Waals surface area contributed by atoms with Crippen LogP contribution in [0.1, 0.15) is 28.3 Å². The molecule has 0 saturated carbocycles. The second-order valence-electron chi connectivity index (χ2n) is 9.25. The maximum Gasteiger partial charge on any atom is 0.295 e. The summed E-state index contributed by atoms with van der Waals surface area (Å²) < 4.78 is 27.5. The highest BCUT2D eigenvalue weighted by atomic mass is 16.5. The Hall–Kier alpha value is -4.50. The predicted molar refractivity (Wildman–Crippen MR) is 149 cm³/mol. The molecule has 0 spiro atoms. The number of nitrogens with zero attached hydrogens (tertiary/aromatic N) is 1. The van der Waals surface area contributed by atoms with E-state index >= 15 is 0 Å². The lowest BCUT2D eigenvalue weighted by Crippen LogP contribution is -2.32. The van der Waals surface area contributed by atoms with Crippen molar-refractivity contribution in [3.8, 4) is 23.0 Å². The Balaban J connectivity index is 1.73. The van der Waals surface area contributed by atoms with Crippen LogP contribution < -0.4 is 18.9 Å². The molecule has 210 valence electrons. The van der Waals surface area contributed by atoms with Crippen LogP contribution in [0.2, 0.25) is 0 Å². The number of hydrogen-bond donors (Lipinski definition) is 1. The Kier molecular flexibility index (Phi) is 8.96. The van der Waals surface area contributed by atoms with Gasteiger partial charge >= 0.3 is 0 Å². The van der Waals surface area contributed by atoms with Crippen molar-refractivity contribution in [2.75, 3.05) is 41.6 Å². The molecule has 0 radical (unpaired) electrons. The number of hydrogen-bond acceptors (Lipinski definition) is 8. The summed E-state index contributed by atoms with van der Waals surface area (Å²) in [4.78, 5) is 27.8. The summed E-state index contributed by atoms with van der Waals surface area (Å²) in [5.41, 5.74) is 3.00. The van der Waals surface area contributed by atoms with Gasteiger partial charge in [-0.3, -0.25) is 9.59 Å². The highest BCUT2D eigenvalue weighted by molar-refractivity contribution is 6.46. The SMILES string of the molecule is COCCN1C(=O)C(=O)C(=C(O)c2ccc(OCc3cccc(C)c3)cc2)C1c1cc(OC)c(OC)c(OC)c1. The largest absolute Gasteiger partial charge is 0.507 e. The normalized spacial score (nSPS) is 16.2. The van der Waals surface area contributed by atoms with E-state index in [1.807, 2.05) is 31.2 Å². The minimum Gasteiger partial charge on any atom is -0.507 e. The Morgan fingerprint density at radius 3 is 2.15 bits per heavy atom. The van der Waals surface area contributed by atoms with Crippen LogP contribution in [0.25, 0.3) is 5.76 Å². The fourth-order valence-electron chi connectivity index (χ4n) is 4.74. The van der Waals surface area contributed by atoms with Gasteiger partial charge in [-0.25, -0.2) is 0 Å². The zero-order valence-corrected chi connectivity index (χ0v) is 23.2. The number of carbonyl (C=O) groups excluding carboxylic acids is 2. The third kappa shape index (κ3) is 5.74. The van der Waals surface area contributed by atoms with Gasteiger partial charge < -0.3 is 33.7 Å². The fraction of sp³-hybridized carbons (Fsp3) is 0.290. The summed E-state index contributed by atoms with van der Waals surface area (Å²) in [7, 11) is 5.95. The molecule has 0 bridgehead atoms. The Morgan fingerprint density at radius 1 is 0.900 bits per heavy atom. The second-order valence-corrected chi connectivity index (χ2v) is 9.25. The maximum absolute atomic E-state index is 13.3. The molecule has 0 aliphatic carbocycles. The van der Waals surface area contributed by atoms with Gasteiger partial charge in [-0.2, -0.15) is 0 Å². The van der Waals surface area contributed by atoms with Gasteiger partial charge in [0.15, 0.2) is 11.5 Å². The van der Waals surface area contributed by atoms with Gasteiger partial charge in [-0.05, 0) is 54.4 Å². The van der Waals surface area contributed by atoms with Crippen LogP contribution in [-0.4, -0.2) is 63.3 Å². The van der Waals surface area contributed by atoms with Gasteiger partial charge in [-0.15, -0.1) is 0 Å². The number of Topliss-reactive ketones (excluding diaryl/α,β-unsaturated/α-hetero) is 1. The van der Waals surface area contributed by atoms with Gasteiger partial charge in [0.1, 0.15) is 18.1 Å². The highest BCUT2D eigenvalue weighted by Gasteiger charge is 2.46. The molecule has 9 heteroatoms. The van der Waals surface area contributed by atoms with Crippen molar-refractivity contribution in [2.45, 2.75) is 19.6 Å². The average molecular weight is 548 g/mol. The summed E-state index contributed by atoms with van der Waals surface area (Å²) in [6.45, 7) is 2.73. The van der Waals surface area contributed by atoms with Crippen LogP contribution in [0, 0.1) is 6.92 Å². The van der Waals surface area contributed by atoms with Crippen LogP contribution in [0.4, 0.5) is 0 Å². The zero-order chi connectivity index (χ0) is 28.8. The van der Waals surface area contributed by atoms with Crippen LogP contribution in [-0.2, 0) is 20.9 Å². The molecule has 9 nitrogen and oxygen atoms in total. The van der Waals surface area contributed by atoms with Gasteiger partial charge in [0, 0.05) is 19.2 Å². The molecule has 1 saturated heterocycles. The van der Waals surface area contributed by atoms with E-state index in [0.717, 1.165) is 11.1 Å². The first-order valence-corrected chi connectivity index (χ1v) is 12.7. The molecule has 1 N–H and O–H groups in total. The Labute approximate surface area is 233 Å². The molecule has 0 aromatic heterocycles. The number of ketones is 1. The van der Waals surface area contributed by atoms with Gasteiger partial charge in [-0.1, -0.05) is 29.8 Å². The van der Waals surface area contributed by atoms with Crippen molar-refractivity contribution < 1.29 is 38.4 Å². The van der Waals surface area contributed by atoms with E-state index in [-0.39, 0.29) is 24.5 Å². The standard InChI is InChI=1S/C31H33NO8/c1-19-7-6-8-20(15-19)18-40-23-11-9-21(10-12-23)28(33)26-27(32(13-14-36-2)31(35)29(26)34)22-16-24(37-3)30(39-5)25(17-22)38-4/h6-12,15-17,27,33H,13-14,18H2,1-5H3. The molecule has 1 unspecified atom stereocenters. The van der Waals surface area contributed by atoms with Crippen LogP contribution >= 0.6 is 0 Å². The number of rotatable bonds is 11. The van der Waals surface area contributed by atoms with Crippen molar-refractivity contribution in [1.82, 2.24) is 4.90 Å². The zero-order valence-electron chi connectivity index (χ0n) is 23.2. The topological polar surface area (TPSA) is 104 Å². The molecule has 3 aromatic rings. The van der Waals surface area contributed by atoms with E-state index in [1.165, 1.54) is 33.3 Å². The van der Waals surface area contributed by atoms with E-state index in [4.69, 9.17) is 23.7 Å². The minimum absolute atomic E-state index is 0.0520. The number of aryl methyl sites for hydroxylation is 1. The van der Waals surface area contributed by atoms with E-state index in [1.54, 1.807) is 36.4 Å². The highest BCUT2D eigenvalue weighted by Crippen LogP contribution is 2.45. The van der Waals surface area contributed by atoms with E-state index in [9.17, 15) is 14.7 Å². The predicted octanol–water partition coefficient (Wildman–Crippen LogP) is 4.67. The van der Waals surface area contributed by atoms with Crippen molar-refractivity contribution in [1.29, 1.82) is 0 Å². The van der Waals surface area contributed by atoms with Crippen LogP contribution in [0.3, 0.4) is 0 Å². The third-order valence-electron chi connectivity index (χ3n) is 6.69. The van der Waals surface area contributed by atoms with Gasteiger partial charge in [0.25, 0.3) is 11.7 Å². The summed E-state index contributed by atoms with van der Waals surface area (Å²) >= 11 is 0. The molecule has 3 aromatic carbocycles. The fourth-order valence-corrected chi connectivity index (χ4v) is 4.74. The molecule has 4 rings (SSSR count). The van der Waals surface area contributed by atoms with Gasteiger partial charge in [0.05, 0.1) is 39.6 Å². The molecule has 1 heterocycles. The monoisotopic (exact) mass is 547 g/mol. The van der Waals surface area contributed by atoms with Crippen molar-refractivity contribution >= 4 is 17.4 Å². The summed E-state index contributed by atoms with van der Waals surface area (Å²) in [6.07, 6.45) is 0. The molecular formula is C31H33NO8. The molecule has 1 aliphatic rings. The Bertz CT molecular complexity index is 1390. The first-order chi connectivity index (χ1) is 19.3. The lowest BCUT2D eigenvalue weighted by molar-refractivity contribution is -0.140. The quantitative estimate of drug-likeness (QED) is 0.210. The lowest BCUT2D eigenvalue weighted by atomic mass is 9.94. The summed E-state index contributed by atoms with van der Waals surface area (Å²) in [5.74, 6) is -0.179. The number of carbonyl (C=O) groups is 2. The number of ether oxygens (including phenoxy) is 5. The molecular weight excluding hydrogens is 514 g/mol. The first kappa shape index (κ1) is 28.5. The first-order valence-electron chi connectivity index (χ1n) is 12.7. The van der Waals surface area contributed by atoms with E-state index < -0.39 is 17.7 Å². The van der Waals surface area contributed by atoms with Gasteiger partial charge in [0.2, 0.25) is 5.75 Å². The van der Waals surface area contributed by atoms with Crippen molar-refractivity contribution in [3.05, 3.63) is 88.5 Å². The van der Waals surface area contributed by atoms with Crippen molar-refractivity contribution in [2.24, 2.45) is 0 Å². The van der Waals surface area contributed by atoms with Crippen LogP contribution in [0.15, 0.2) is 66.2 Å². The number of amides is 1. The molecule has 1 aliphatic heterocycles. The number of likely N-dealkylation sites (tertiary alicyclic amines) is 1. The number of benzene rings is 3. The molecule has 1 atom stereocenters. The molecule has 40 heavy (non-hydrogen) atoms. The maximum atomic E-state index is 13.3. The lowest BCUT2D eigenvalue weighted by Gasteiger charge is -2.26. The number of aliphatic hydroxyl groups is 1. The summed E-state index contributed by atoms with van der Waals surface area (Å²) in [6, 6.07) is 17.1. The minimum atomic E-state index is -0.916. The molecule has 1 fully saturated rings. The third-order valence-corrected chi connectivity index (χ3v) is 6.69. The second kappa shape index (κ2) is 12.6. The smallest absolute Gasteiger partial charge is 0.295 e. The molecule has 1 amide bonds. The van der Waals surface area contributed by atoms with E-state index in [2.05, 4.69) is 0 Å². The van der Waals surface area contributed by atoms with E-state index in [0.29, 0.717) is 40.7 Å².